The van der Waals surface area contributed by atoms with Gasteiger partial charge in [-0.1, -0.05) is 12.1 Å². The standard InChI is InChI=1S/C16H16F2O/c1-10-7-13(17)4-3-12(10)9-16(19)15-6-5-14(18)8-11(15)2/h3-8,16,19H,9H2,1-2H3. The van der Waals surface area contributed by atoms with Crippen LogP contribution in [0.2, 0.25) is 0 Å². The summed E-state index contributed by atoms with van der Waals surface area (Å²) in [6.45, 7) is 3.57. The van der Waals surface area contributed by atoms with Crippen LogP contribution < -0.4 is 0 Å². The average Bonchev–Trinajstić information content (AvgIpc) is 2.32. The molecule has 0 bridgehead atoms. The van der Waals surface area contributed by atoms with Crippen LogP contribution in [-0.4, -0.2) is 5.11 Å². The molecule has 0 spiro atoms. The molecule has 1 N–H and O–H groups in total. The number of aliphatic hydroxyl groups is 1. The lowest BCUT2D eigenvalue weighted by molar-refractivity contribution is 0.177. The van der Waals surface area contributed by atoms with Gasteiger partial charge in [0.15, 0.2) is 0 Å². The van der Waals surface area contributed by atoms with Crippen LogP contribution in [0.3, 0.4) is 0 Å². The van der Waals surface area contributed by atoms with Gasteiger partial charge in [0.1, 0.15) is 11.6 Å². The topological polar surface area (TPSA) is 20.2 Å². The summed E-state index contributed by atoms with van der Waals surface area (Å²) >= 11 is 0. The largest absolute Gasteiger partial charge is 0.388 e. The molecular formula is C16H16F2O. The Morgan fingerprint density at radius 3 is 2.11 bits per heavy atom. The highest BCUT2D eigenvalue weighted by atomic mass is 19.1. The molecule has 0 aliphatic carbocycles. The molecule has 2 aromatic rings. The first-order chi connectivity index (χ1) is 8.97. The van der Waals surface area contributed by atoms with Gasteiger partial charge in [-0.15, -0.1) is 0 Å². The summed E-state index contributed by atoms with van der Waals surface area (Å²) in [5.74, 6) is -0.597. The fourth-order valence-electron chi connectivity index (χ4n) is 2.22. The zero-order valence-corrected chi connectivity index (χ0v) is 11.0. The third-order valence-corrected chi connectivity index (χ3v) is 3.31. The SMILES string of the molecule is Cc1cc(F)ccc1CC(O)c1ccc(F)cc1C. The first-order valence-electron chi connectivity index (χ1n) is 6.16. The monoisotopic (exact) mass is 262 g/mol. The minimum atomic E-state index is -0.718. The van der Waals surface area contributed by atoms with Crippen LogP contribution in [0, 0.1) is 25.5 Å². The summed E-state index contributed by atoms with van der Waals surface area (Å²) in [6, 6.07) is 8.83. The molecule has 0 heterocycles. The summed E-state index contributed by atoms with van der Waals surface area (Å²) in [4.78, 5) is 0. The van der Waals surface area contributed by atoms with Gasteiger partial charge < -0.3 is 5.11 Å². The fourth-order valence-corrected chi connectivity index (χ4v) is 2.22. The Labute approximate surface area is 111 Å². The minimum absolute atomic E-state index is 0.284. The van der Waals surface area contributed by atoms with Gasteiger partial charge in [0.05, 0.1) is 6.10 Å². The van der Waals surface area contributed by atoms with Crippen LogP contribution in [0.1, 0.15) is 28.4 Å². The van der Waals surface area contributed by atoms with E-state index in [9.17, 15) is 13.9 Å². The Kier molecular flexibility index (Phi) is 3.96. The van der Waals surface area contributed by atoms with Crippen LogP contribution in [0.25, 0.3) is 0 Å². The second-order valence-electron chi connectivity index (χ2n) is 4.79. The molecule has 0 radical (unpaired) electrons. The van der Waals surface area contributed by atoms with Crippen LogP contribution in [0.5, 0.6) is 0 Å². The van der Waals surface area contributed by atoms with Gasteiger partial charge in [0.2, 0.25) is 0 Å². The number of benzene rings is 2. The van der Waals surface area contributed by atoms with Crippen molar-refractivity contribution in [1.29, 1.82) is 0 Å². The van der Waals surface area contributed by atoms with Gasteiger partial charge >= 0.3 is 0 Å². The lowest BCUT2D eigenvalue weighted by Crippen LogP contribution is -2.05. The molecule has 0 saturated carbocycles. The van der Waals surface area contributed by atoms with Crippen LogP contribution in [-0.2, 0) is 6.42 Å². The molecule has 19 heavy (non-hydrogen) atoms. The van der Waals surface area contributed by atoms with Gasteiger partial charge in [0, 0.05) is 6.42 Å². The van der Waals surface area contributed by atoms with Gasteiger partial charge in [0.25, 0.3) is 0 Å². The van der Waals surface area contributed by atoms with Crippen molar-refractivity contribution in [2.75, 3.05) is 0 Å². The Bertz CT molecular complexity index is 593. The summed E-state index contributed by atoms with van der Waals surface area (Å²) in [5, 5.41) is 10.2. The molecule has 3 heteroatoms. The Balaban J connectivity index is 2.23. The van der Waals surface area contributed by atoms with E-state index in [1.54, 1.807) is 19.1 Å². The number of hydrogen-bond acceptors (Lipinski definition) is 1. The first kappa shape index (κ1) is 13.7. The lowest BCUT2D eigenvalue weighted by atomic mass is 9.95. The molecule has 2 aromatic carbocycles. The molecule has 0 saturated heterocycles. The number of rotatable bonds is 3. The van der Waals surface area contributed by atoms with Crippen LogP contribution >= 0.6 is 0 Å². The average molecular weight is 262 g/mol. The van der Waals surface area contributed by atoms with E-state index in [4.69, 9.17) is 0 Å². The van der Waals surface area contributed by atoms with E-state index in [2.05, 4.69) is 0 Å². The summed E-state index contributed by atoms with van der Waals surface area (Å²) in [7, 11) is 0. The van der Waals surface area contributed by atoms with E-state index in [-0.39, 0.29) is 11.6 Å². The van der Waals surface area contributed by atoms with Gasteiger partial charge in [-0.2, -0.15) is 0 Å². The third kappa shape index (κ3) is 3.18. The Morgan fingerprint density at radius 1 is 0.947 bits per heavy atom. The zero-order valence-electron chi connectivity index (χ0n) is 11.0. The number of hydrogen-bond donors (Lipinski definition) is 1. The highest BCUT2D eigenvalue weighted by molar-refractivity contribution is 5.32. The molecule has 0 aliphatic rings. The van der Waals surface area contributed by atoms with Gasteiger partial charge in [-0.25, -0.2) is 8.78 Å². The van der Waals surface area contributed by atoms with E-state index in [0.717, 1.165) is 11.1 Å². The molecule has 100 valence electrons. The third-order valence-electron chi connectivity index (χ3n) is 3.31. The Morgan fingerprint density at radius 2 is 1.53 bits per heavy atom. The lowest BCUT2D eigenvalue weighted by Gasteiger charge is -2.15. The number of aliphatic hydroxyl groups excluding tert-OH is 1. The zero-order chi connectivity index (χ0) is 14.0. The molecule has 0 aliphatic heterocycles. The van der Waals surface area contributed by atoms with Crippen molar-refractivity contribution in [2.45, 2.75) is 26.4 Å². The van der Waals surface area contributed by atoms with Crippen molar-refractivity contribution in [1.82, 2.24) is 0 Å². The molecule has 1 atom stereocenters. The second kappa shape index (κ2) is 5.49. The molecule has 0 fully saturated rings. The van der Waals surface area contributed by atoms with Gasteiger partial charge in [-0.05, 0) is 60.4 Å². The minimum Gasteiger partial charge on any atom is -0.388 e. The molecule has 2 rings (SSSR count). The molecule has 1 unspecified atom stereocenters. The van der Waals surface area contributed by atoms with Gasteiger partial charge in [-0.3, -0.25) is 0 Å². The molecule has 1 nitrogen and oxygen atoms in total. The number of halogens is 2. The fraction of sp³-hybridized carbons (Fsp3) is 0.250. The predicted octanol–water partition coefficient (Wildman–Crippen LogP) is 3.86. The van der Waals surface area contributed by atoms with Crippen molar-refractivity contribution >= 4 is 0 Å². The quantitative estimate of drug-likeness (QED) is 0.890. The smallest absolute Gasteiger partial charge is 0.123 e. The summed E-state index contributed by atoms with van der Waals surface area (Å²) in [5.41, 5.74) is 3.11. The summed E-state index contributed by atoms with van der Waals surface area (Å²) in [6.07, 6.45) is -0.330. The highest BCUT2D eigenvalue weighted by Crippen LogP contribution is 2.24. The van der Waals surface area contributed by atoms with Crippen molar-refractivity contribution in [2.24, 2.45) is 0 Å². The number of aryl methyl sites for hydroxylation is 2. The first-order valence-corrected chi connectivity index (χ1v) is 6.16. The maximum absolute atomic E-state index is 13.0. The predicted molar refractivity (Wildman–Crippen MR) is 70.9 cm³/mol. The van der Waals surface area contributed by atoms with E-state index in [1.165, 1.54) is 24.3 Å². The van der Waals surface area contributed by atoms with E-state index in [0.29, 0.717) is 17.5 Å². The maximum Gasteiger partial charge on any atom is 0.123 e. The highest BCUT2D eigenvalue weighted by Gasteiger charge is 2.13. The van der Waals surface area contributed by atoms with Crippen molar-refractivity contribution in [3.63, 3.8) is 0 Å². The Hall–Kier alpha value is -1.74. The maximum atomic E-state index is 13.0. The molecule has 0 aromatic heterocycles. The van der Waals surface area contributed by atoms with Crippen molar-refractivity contribution in [3.8, 4) is 0 Å². The normalized spacial score (nSPS) is 12.5. The van der Waals surface area contributed by atoms with Crippen LogP contribution in [0.4, 0.5) is 8.78 Å². The van der Waals surface area contributed by atoms with Crippen molar-refractivity contribution in [3.05, 3.63) is 70.3 Å². The van der Waals surface area contributed by atoms with E-state index < -0.39 is 6.10 Å². The second-order valence-corrected chi connectivity index (χ2v) is 4.79. The van der Waals surface area contributed by atoms with E-state index in [1.807, 2.05) is 6.92 Å². The molecular weight excluding hydrogens is 246 g/mol. The van der Waals surface area contributed by atoms with Crippen LogP contribution in [0.15, 0.2) is 36.4 Å². The summed E-state index contributed by atoms with van der Waals surface area (Å²) < 4.78 is 26.0. The van der Waals surface area contributed by atoms with Crippen molar-refractivity contribution < 1.29 is 13.9 Å². The van der Waals surface area contributed by atoms with E-state index >= 15 is 0 Å². The molecule has 0 amide bonds.